The number of nitrogens with zero attached hydrogens (tertiary/aromatic N) is 1. The molecule has 0 aliphatic heterocycles. The van der Waals surface area contributed by atoms with Gasteiger partial charge in [-0.05, 0) is 42.7 Å². The first kappa shape index (κ1) is 19.7. The molecule has 0 amide bonds. The average molecular weight is 367 g/mol. The molecule has 0 aromatic heterocycles. The van der Waals surface area contributed by atoms with E-state index < -0.39 is 10.0 Å². The summed E-state index contributed by atoms with van der Waals surface area (Å²) in [4.78, 5) is 4.48. The number of rotatable bonds is 7. The van der Waals surface area contributed by atoms with Crippen LogP contribution in [-0.2, 0) is 22.9 Å². The zero-order valence-corrected chi connectivity index (χ0v) is 16.2. The van der Waals surface area contributed by atoms with Crippen molar-refractivity contribution < 1.29 is 8.42 Å². The average Bonchev–Trinajstić information content (AvgIpc) is 2.98. The highest BCUT2D eigenvalue weighted by Crippen LogP contribution is 2.27. The van der Waals surface area contributed by atoms with Crippen molar-refractivity contribution >= 4 is 21.7 Å². The van der Waals surface area contributed by atoms with Crippen LogP contribution in [0.2, 0.25) is 0 Å². The van der Waals surface area contributed by atoms with E-state index >= 15 is 0 Å². The van der Waals surface area contributed by atoms with E-state index in [2.05, 4.69) is 47.1 Å². The third kappa shape index (κ3) is 5.71. The Kier molecular flexibility index (Phi) is 6.84. The van der Waals surface area contributed by atoms with E-state index in [9.17, 15) is 8.42 Å². The molecule has 1 saturated carbocycles. The number of anilines is 1. The van der Waals surface area contributed by atoms with Gasteiger partial charge >= 0.3 is 0 Å². The Hall–Kier alpha value is -1.60. The number of aliphatic imine (C=N–C) groups is 1. The predicted octanol–water partition coefficient (Wildman–Crippen LogP) is 2.26. The number of aryl methyl sites for hydroxylation is 2. The minimum absolute atomic E-state index is 0.0410. The van der Waals surface area contributed by atoms with Crippen molar-refractivity contribution in [2.45, 2.75) is 52.0 Å². The number of nitrogens with one attached hydrogen (secondary N) is 2. The second kappa shape index (κ2) is 8.67. The van der Waals surface area contributed by atoms with Gasteiger partial charge in [-0.25, -0.2) is 13.1 Å². The Morgan fingerprint density at radius 3 is 2.44 bits per heavy atom. The van der Waals surface area contributed by atoms with Crippen LogP contribution in [0.1, 0.15) is 44.2 Å². The zero-order valence-electron chi connectivity index (χ0n) is 15.4. The van der Waals surface area contributed by atoms with Gasteiger partial charge in [0.05, 0.1) is 6.26 Å². The number of hydrogen-bond donors (Lipinski definition) is 3. The molecule has 0 spiro atoms. The second-order valence-electron chi connectivity index (χ2n) is 6.70. The van der Waals surface area contributed by atoms with Gasteiger partial charge < -0.3 is 11.1 Å². The van der Waals surface area contributed by atoms with E-state index in [-0.39, 0.29) is 12.0 Å². The minimum Gasteiger partial charge on any atom is -0.370 e. The second-order valence-corrected chi connectivity index (χ2v) is 8.48. The van der Waals surface area contributed by atoms with Crippen molar-refractivity contribution in [3.63, 3.8) is 0 Å². The number of sulfonamides is 1. The van der Waals surface area contributed by atoms with Crippen LogP contribution < -0.4 is 15.8 Å². The molecule has 7 heteroatoms. The highest BCUT2D eigenvalue weighted by Gasteiger charge is 2.29. The van der Waals surface area contributed by atoms with Crippen LogP contribution in [-0.4, -0.2) is 33.2 Å². The molecule has 6 nitrogen and oxygen atoms in total. The predicted molar refractivity (Wildman–Crippen MR) is 104 cm³/mol. The fourth-order valence-electron chi connectivity index (χ4n) is 3.47. The molecule has 140 valence electrons. The maximum atomic E-state index is 11.5. The molecule has 1 aliphatic carbocycles. The fourth-order valence-corrected chi connectivity index (χ4v) is 4.33. The molecule has 25 heavy (non-hydrogen) atoms. The van der Waals surface area contributed by atoms with Crippen LogP contribution in [0.4, 0.5) is 5.69 Å². The molecule has 1 aliphatic rings. The van der Waals surface area contributed by atoms with Crippen LogP contribution in [0, 0.1) is 5.92 Å². The summed E-state index contributed by atoms with van der Waals surface area (Å²) in [6, 6.07) is 6.21. The van der Waals surface area contributed by atoms with E-state index in [1.165, 1.54) is 17.4 Å². The first-order valence-electron chi connectivity index (χ1n) is 8.99. The first-order valence-corrected chi connectivity index (χ1v) is 10.9. The normalized spacial score (nSPS) is 21.5. The number of hydrogen-bond acceptors (Lipinski definition) is 3. The summed E-state index contributed by atoms with van der Waals surface area (Å²) in [6.07, 6.45) is 5.89. The van der Waals surface area contributed by atoms with Crippen molar-refractivity contribution in [2.75, 3.05) is 18.1 Å². The Morgan fingerprint density at radius 2 is 1.88 bits per heavy atom. The summed E-state index contributed by atoms with van der Waals surface area (Å²) < 4.78 is 25.7. The Balaban J connectivity index is 2.05. The summed E-state index contributed by atoms with van der Waals surface area (Å²) in [5, 5.41) is 3.26. The lowest BCUT2D eigenvalue weighted by Gasteiger charge is -2.19. The fraction of sp³-hybridized carbons (Fsp3) is 0.611. The van der Waals surface area contributed by atoms with E-state index in [0.717, 1.165) is 37.8 Å². The van der Waals surface area contributed by atoms with Crippen LogP contribution in [0.15, 0.2) is 23.2 Å². The molecular weight excluding hydrogens is 336 g/mol. The largest absolute Gasteiger partial charge is 0.370 e. The number of para-hydroxylation sites is 1. The summed E-state index contributed by atoms with van der Waals surface area (Å²) in [7, 11) is -3.19. The summed E-state index contributed by atoms with van der Waals surface area (Å²) in [6.45, 7) is 4.77. The Labute approximate surface area is 151 Å². The smallest absolute Gasteiger partial charge is 0.208 e. The van der Waals surface area contributed by atoms with Gasteiger partial charge in [0.1, 0.15) is 0 Å². The lowest BCUT2D eigenvalue weighted by atomic mass is 10.0. The molecule has 0 heterocycles. The number of nitrogens with two attached hydrogens (primary N) is 1. The van der Waals surface area contributed by atoms with Gasteiger partial charge in [-0.3, -0.25) is 4.99 Å². The Morgan fingerprint density at radius 1 is 1.24 bits per heavy atom. The molecule has 4 N–H and O–H groups in total. The van der Waals surface area contributed by atoms with E-state index in [1.54, 1.807) is 0 Å². The molecule has 1 aromatic rings. The van der Waals surface area contributed by atoms with Crippen molar-refractivity contribution in [3.8, 4) is 0 Å². The van der Waals surface area contributed by atoms with E-state index in [1.807, 2.05) is 0 Å². The maximum Gasteiger partial charge on any atom is 0.208 e. The molecule has 2 unspecified atom stereocenters. The molecule has 2 rings (SSSR count). The monoisotopic (exact) mass is 366 g/mol. The van der Waals surface area contributed by atoms with Crippen molar-refractivity contribution in [3.05, 3.63) is 29.3 Å². The molecule has 0 radical (unpaired) electrons. The lowest BCUT2D eigenvalue weighted by molar-refractivity contribution is 0.455. The van der Waals surface area contributed by atoms with E-state index in [0.29, 0.717) is 12.5 Å². The van der Waals surface area contributed by atoms with Crippen LogP contribution in [0.25, 0.3) is 0 Å². The highest BCUT2D eigenvalue weighted by molar-refractivity contribution is 7.88. The molecule has 2 atom stereocenters. The summed E-state index contributed by atoms with van der Waals surface area (Å²) in [5.41, 5.74) is 9.59. The van der Waals surface area contributed by atoms with Crippen LogP contribution in [0.5, 0.6) is 0 Å². The van der Waals surface area contributed by atoms with Crippen molar-refractivity contribution in [2.24, 2.45) is 16.6 Å². The molecule has 1 fully saturated rings. The summed E-state index contributed by atoms with van der Waals surface area (Å²) >= 11 is 0. The molecule has 1 aromatic carbocycles. The lowest BCUT2D eigenvalue weighted by Crippen LogP contribution is -2.38. The van der Waals surface area contributed by atoms with E-state index in [4.69, 9.17) is 5.73 Å². The third-order valence-corrected chi connectivity index (χ3v) is 5.50. The van der Waals surface area contributed by atoms with Gasteiger partial charge in [0.2, 0.25) is 10.0 Å². The van der Waals surface area contributed by atoms with Gasteiger partial charge in [0.25, 0.3) is 0 Å². The standard InChI is InChI=1S/C18H30N4O2S/c1-4-13-8-6-9-14(5-2)17(13)21-18(19)20-12-15-10-7-11-16(15)22-25(3,23)24/h6,8-9,15-16,22H,4-5,7,10-12H2,1-3H3,(H3,19,20,21). The van der Waals surface area contributed by atoms with Crippen LogP contribution in [0.3, 0.4) is 0 Å². The van der Waals surface area contributed by atoms with Gasteiger partial charge in [-0.2, -0.15) is 0 Å². The Bertz CT molecular complexity index is 694. The van der Waals surface area contributed by atoms with Crippen molar-refractivity contribution in [1.29, 1.82) is 0 Å². The third-order valence-electron chi connectivity index (χ3n) is 4.77. The molecule has 0 saturated heterocycles. The first-order chi connectivity index (χ1) is 11.8. The van der Waals surface area contributed by atoms with Crippen LogP contribution >= 0.6 is 0 Å². The summed E-state index contributed by atoms with van der Waals surface area (Å²) in [5.74, 6) is 0.586. The van der Waals surface area contributed by atoms with Gasteiger partial charge in [-0.15, -0.1) is 0 Å². The van der Waals surface area contributed by atoms with Gasteiger partial charge in [-0.1, -0.05) is 38.5 Å². The zero-order chi connectivity index (χ0) is 18.4. The minimum atomic E-state index is -3.19. The van der Waals surface area contributed by atoms with Gasteiger partial charge in [0, 0.05) is 18.3 Å². The topological polar surface area (TPSA) is 96.6 Å². The van der Waals surface area contributed by atoms with Gasteiger partial charge in [0.15, 0.2) is 5.96 Å². The maximum absolute atomic E-state index is 11.5. The molecular formula is C18H30N4O2S. The quantitative estimate of drug-likeness (QED) is 0.509. The number of guanidine groups is 1. The highest BCUT2D eigenvalue weighted by atomic mass is 32.2. The SMILES string of the molecule is CCc1cccc(CC)c1NC(N)=NCC1CCCC1NS(C)(=O)=O. The number of benzene rings is 1. The van der Waals surface area contributed by atoms with Crippen molar-refractivity contribution in [1.82, 2.24) is 4.72 Å². The molecule has 0 bridgehead atoms.